The number of phenols is 2. The zero-order valence-electron chi connectivity index (χ0n) is 24.5. The second-order valence-electron chi connectivity index (χ2n) is 11.2. The number of hydrogen-bond acceptors (Lipinski definition) is 13. The number of methoxy groups -OCH3 is 2. The summed E-state index contributed by atoms with van der Waals surface area (Å²) in [6, 6.07) is -1.35. The standard InChI is InChI=1S/C29H35N3O9S.CH4.B.H2/c1-10-6-13-7-15-28(36)32-16-8-40-29(37)14(30)9-42-27(21(32)20(31-15)17(13)22(34)24(10)38-4)19-18(16)23(35)26(39-5)11(2)25(19)41-12(3)33;;;/h6,14-16,20-21,27-28,31,34-36H,7-9,30H2,1-5H3;1H4;;1H/t14-,15-,16-,20+,21+,27+,28-;;;/m0.../s1. The number of piperazine rings is 1. The van der Waals surface area contributed by atoms with E-state index in [2.05, 4.69) is 5.32 Å². The Hall–Kier alpha value is -3.17. The Morgan fingerprint density at radius 2 is 1.80 bits per heavy atom. The molecule has 6 rings (SSSR count). The Bertz CT molecular complexity index is 1500. The molecule has 4 bridgehead atoms. The molecule has 6 N–H and O–H groups in total. The van der Waals surface area contributed by atoms with E-state index in [1.54, 1.807) is 6.92 Å². The van der Waals surface area contributed by atoms with Gasteiger partial charge in [-0.1, -0.05) is 13.5 Å². The first-order valence-corrected chi connectivity index (χ1v) is 14.8. The van der Waals surface area contributed by atoms with Gasteiger partial charge in [0.15, 0.2) is 23.0 Å². The fourth-order valence-electron chi connectivity index (χ4n) is 7.20. The number of ether oxygens (including phenoxy) is 4. The molecule has 0 amide bonds. The molecule has 0 spiro atoms. The van der Waals surface area contributed by atoms with E-state index in [-0.39, 0.29) is 52.6 Å². The summed E-state index contributed by atoms with van der Waals surface area (Å²) < 4.78 is 22.6. The molecular weight excluding hydrogens is 589 g/mol. The fourth-order valence-corrected chi connectivity index (χ4v) is 8.65. The van der Waals surface area contributed by atoms with Crippen molar-refractivity contribution in [3.8, 4) is 28.7 Å². The van der Waals surface area contributed by atoms with Crippen molar-refractivity contribution in [3.05, 3.63) is 39.4 Å². The molecule has 0 saturated carbocycles. The zero-order chi connectivity index (χ0) is 30.2. The van der Waals surface area contributed by atoms with Crippen LogP contribution in [-0.4, -0.2) is 91.5 Å². The first-order valence-electron chi connectivity index (χ1n) is 13.8. The van der Waals surface area contributed by atoms with Gasteiger partial charge < -0.3 is 45.3 Å². The van der Waals surface area contributed by atoms with E-state index in [0.29, 0.717) is 34.4 Å². The number of fused-ring (bicyclic) bond motifs is 7. The van der Waals surface area contributed by atoms with Gasteiger partial charge in [0.1, 0.15) is 24.6 Å². The van der Waals surface area contributed by atoms with Crippen LogP contribution in [0.4, 0.5) is 0 Å². The zero-order valence-corrected chi connectivity index (χ0v) is 25.4. The number of cyclic esters (lactones) is 1. The van der Waals surface area contributed by atoms with Crippen molar-refractivity contribution >= 4 is 32.1 Å². The highest BCUT2D eigenvalue weighted by atomic mass is 32.2. The van der Waals surface area contributed by atoms with Crippen molar-refractivity contribution < 1.29 is 45.3 Å². The van der Waals surface area contributed by atoms with Crippen molar-refractivity contribution in [2.24, 2.45) is 5.73 Å². The number of aliphatic hydroxyl groups excluding tert-OH is 1. The maximum absolute atomic E-state index is 12.8. The number of carbonyl (C=O) groups is 2. The number of nitrogens with two attached hydrogens (primary N) is 1. The van der Waals surface area contributed by atoms with Gasteiger partial charge in [0.05, 0.1) is 37.6 Å². The van der Waals surface area contributed by atoms with Gasteiger partial charge in [-0.15, -0.1) is 11.8 Å². The van der Waals surface area contributed by atoms with Crippen LogP contribution in [0.1, 0.15) is 66.5 Å². The third kappa shape index (κ3) is 4.87. The predicted molar refractivity (Wildman–Crippen MR) is 167 cm³/mol. The molecule has 4 aliphatic rings. The monoisotopic (exact) mass is 630 g/mol. The normalized spacial score (nSPS) is 28.6. The number of hydrogen-bond donors (Lipinski definition) is 5. The number of benzene rings is 2. The van der Waals surface area contributed by atoms with E-state index in [1.165, 1.54) is 32.9 Å². The average molecular weight is 631 g/mol. The summed E-state index contributed by atoms with van der Waals surface area (Å²) in [6.07, 6.45) is -0.653. The summed E-state index contributed by atoms with van der Waals surface area (Å²) in [5.41, 5.74) is 9.80. The number of esters is 2. The molecule has 0 aliphatic carbocycles. The molecule has 0 aromatic heterocycles. The lowest BCUT2D eigenvalue weighted by molar-refractivity contribution is -0.159. The van der Waals surface area contributed by atoms with Crippen molar-refractivity contribution in [1.29, 1.82) is 0 Å². The largest absolute Gasteiger partial charge is 0.504 e. The summed E-state index contributed by atoms with van der Waals surface area (Å²) in [4.78, 5) is 27.0. The number of aromatic hydroxyl groups is 2. The lowest BCUT2D eigenvalue weighted by Gasteiger charge is -2.59. The van der Waals surface area contributed by atoms with E-state index in [1.807, 2.05) is 17.9 Å². The Morgan fingerprint density at radius 3 is 2.43 bits per heavy atom. The van der Waals surface area contributed by atoms with Crippen LogP contribution in [0.15, 0.2) is 6.07 Å². The second kappa shape index (κ2) is 12.3. The molecular formula is C30H41BN3O9S. The van der Waals surface area contributed by atoms with Gasteiger partial charge in [-0.2, -0.15) is 0 Å². The number of rotatable bonds is 3. The molecule has 7 atom stereocenters. The van der Waals surface area contributed by atoms with Crippen molar-refractivity contribution in [2.75, 3.05) is 26.6 Å². The first kappa shape index (κ1) is 33.7. The molecule has 239 valence electrons. The molecule has 2 saturated heterocycles. The maximum atomic E-state index is 12.8. The number of phenolic OH excluding ortho intramolecular Hbond substituents is 2. The maximum Gasteiger partial charge on any atom is 0.323 e. The molecule has 2 aromatic carbocycles. The Balaban J connectivity index is 0.00000184. The van der Waals surface area contributed by atoms with E-state index in [4.69, 9.17) is 24.7 Å². The van der Waals surface area contributed by atoms with Crippen LogP contribution in [0.2, 0.25) is 0 Å². The lowest BCUT2D eigenvalue weighted by Crippen LogP contribution is -2.69. The number of nitrogens with one attached hydrogen (secondary N) is 1. The minimum atomic E-state index is -1.07. The molecule has 0 unspecified atom stereocenters. The van der Waals surface area contributed by atoms with Crippen LogP contribution in [-0.2, 0) is 20.7 Å². The van der Waals surface area contributed by atoms with Crippen molar-refractivity contribution in [2.45, 2.75) is 76.3 Å². The first-order chi connectivity index (χ1) is 20.0. The minimum absolute atomic E-state index is 0. The van der Waals surface area contributed by atoms with Crippen LogP contribution in [0.5, 0.6) is 28.7 Å². The Kier molecular flexibility index (Phi) is 9.44. The summed E-state index contributed by atoms with van der Waals surface area (Å²) in [6.45, 7) is 4.61. The third-order valence-corrected chi connectivity index (χ3v) is 10.3. The highest BCUT2D eigenvalue weighted by Gasteiger charge is 2.58. The van der Waals surface area contributed by atoms with Gasteiger partial charge in [0.25, 0.3) is 0 Å². The Labute approximate surface area is 264 Å². The van der Waals surface area contributed by atoms with Crippen LogP contribution >= 0.6 is 11.8 Å². The molecule has 2 aromatic rings. The topological polar surface area (TPSA) is 173 Å². The molecule has 4 heterocycles. The fraction of sp³-hybridized carbons (Fsp3) is 0.533. The number of aliphatic hydroxyl groups is 1. The number of aryl methyl sites for hydroxylation is 1. The van der Waals surface area contributed by atoms with Gasteiger partial charge in [-0.3, -0.25) is 14.5 Å². The number of carbonyl (C=O) groups excluding carboxylic acids is 2. The molecule has 2 fully saturated rings. The summed E-state index contributed by atoms with van der Waals surface area (Å²) in [5, 5.41) is 38.0. The SMILES string of the molecule is C.COc1c(C)cc2c(c1O)[C@H]1N[C@@H](C2)[C@H](O)N2[C@H]1[C@@H]1SC[C@H](N)C(=O)OC[C@H]2c2c(O)c(OC)c(C)c(OC(C)=O)c21.[B].[HH]. The molecule has 4 aliphatic heterocycles. The van der Waals surface area contributed by atoms with Crippen molar-refractivity contribution in [3.63, 3.8) is 0 Å². The highest BCUT2D eigenvalue weighted by Crippen LogP contribution is 2.61. The summed E-state index contributed by atoms with van der Waals surface area (Å²) in [7, 11) is 2.90. The van der Waals surface area contributed by atoms with Gasteiger partial charge in [-0.25, -0.2) is 0 Å². The number of nitrogens with zero attached hydrogens (tertiary/aromatic N) is 1. The van der Waals surface area contributed by atoms with Crippen LogP contribution < -0.4 is 25.3 Å². The lowest BCUT2D eigenvalue weighted by atomic mass is 9.74. The molecule has 44 heavy (non-hydrogen) atoms. The molecule has 3 radical (unpaired) electrons. The predicted octanol–water partition coefficient (Wildman–Crippen LogP) is 2.13. The van der Waals surface area contributed by atoms with Crippen LogP contribution in [0.25, 0.3) is 0 Å². The third-order valence-electron chi connectivity index (χ3n) is 8.83. The molecule has 14 heteroatoms. The quantitative estimate of drug-likeness (QED) is 0.190. The highest BCUT2D eigenvalue weighted by molar-refractivity contribution is 7.99. The Morgan fingerprint density at radius 1 is 1.14 bits per heavy atom. The van der Waals surface area contributed by atoms with E-state index in [9.17, 15) is 24.9 Å². The van der Waals surface area contributed by atoms with Gasteiger partial charge in [0, 0.05) is 50.8 Å². The van der Waals surface area contributed by atoms with Crippen LogP contribution in [0.3, 0.4) is 0 Å². The van der Waals surface area contributed by atoms with Crippen molar-refractivity contribution in [1.82, 2.24) is 10.2 Å². The van der Waals surface area contributed by atoms with Gasteiger partial charge >= 0.3 is 11.9 Å². The number of thioether (sulfide) groups is 1. The van der Waals surface area contributed by atoms with E-state index < -0.39 is 53.6 Å². The van der Waals surface area contributed by atoms with E-state index in [0.717, 1.165) is 11.1 Å². The smallest absolute Gasteiger partial charge is 0.323 e. The van der Waals surface area contributed by atoms with Gasteiger partial charge in [-0.05, 0) is 31.4 Å². The minimum Gasteiger partial charge on any atom is -0.504 e. The summed E-state index contributed by atoms with van der Waals surface area (Å²) >= 11 is 1.34. The van der Waals surface area contributed by atoms with Crippen LogP contribution in [0, 0.1) is 13.8 Å². The van der Waals surface area contributed by atoms with E-state index >= 15 is 0 Å². The molecule has 12 nitrogen and oxygen atoms in total. The second-order valence-corrected chi connectivity index (χ2v) is 12.4. The summed E-state index contributed by atoms with van der Waals surface area (Å²) in [5.74, 6) is -0.486. The van der Waals surface area contributed by atoms with Gasteiger partial charge in [0.2, 0.25) is 0 Å². The average Bonchev–Trinajstić information content (AvgIpc) is 2.94.